The summed E-state index contributed by atoms with van der Waals surface area (Å²) < 4.78 is 0. The van der Waals surface area contributed by atoms with Crippen molar-refractivity contribution in [3.63, 3.8) is 0 Å². The highest BCUT2D eigenvalue weighted by Gasteiger charge is 2.17. The predicted octanol–water partition coefficient (Wildman–Crippen LogP) is 1.30. The number of aliphatic carboxylic acids is 1. The van der Waals surface area contributed by atoms with Gasteiger partial charge >= 0.3 is 5.97 Å². The number of carboxylic acids is 1. The predicted molar refractivity (Wildman–Crippen MR) is 67.1 cm³/mol. The van der Waals surface area contributed by atoms with Crippen molar-refractivity contribution in [2.45, 2.75) is 57.5 Å². The first-order valence-corrected chi connectivity index (χ1v) is 6.77. The van der Waals surface area contributed by atoms with Gasteiger partial charge in [-0.05, 0) is 18.8 Å². The second-order valence-electron chi connectivity index (χ2n) is 5.05. The van der Waals surface area contributed by atoms with Gasteiger partial charge in [0.1, 0.15) is 0 Å². The Morgan fingerprint density at radius 1 is 1.17 bits per heavy atom. The van der Waals surface area contributed by atoms with E-state index in [2.05, 4.69) is 5.32 Å². The second kappa shape index (κ2) is 8.08. The molecule has 1 amide bonds. The Morgan fingerprint density at radius 3 is 2.33 bits per heavy atom. The number of carbonyl (C=O) groups is 2. The van der Waals surface area contributed by atoms with Gasteiger partial charge in [-0.2, -0.15) is 0 Å². The molecule has 18 heavy (non-hydrogen) atoms. The third-order valence-corrected chi connectivity index (χ3v) is 3.47. The average Bonchev–Trinajstić information content (AvgIpc) is 2.57. The summed E-state index contributed by atoms with van der Waals surface area (Å²) in [6, 6.07) is 0. The maximum absolute atomic E-state index is 11.6. The molecule has 0 aromatic rings. The summed E-state index contributed by atoms with van der Waals surface area (Å²) in [7, 11) is 0. The van der Waals surface area contributed by atoms with Gasteiger partial charge in [0, 0.05) is 19.4 Å². The molecule has 5 nitrogen and oxygen atoms in total. The fourth-order valence-electron chi connectivity index (χ4n) is 2.37. The Kier molecular flexibility index (Phi) is 6.72. The molecule has 0 spiro atoms. The molecular formula is C13H23NO4. The monoisotopic (exact) mass is 257 g/mol. The highest BCUT2D eigenvalue weighted by molar-refractivity contribution is 5.76. The van der Waals surface area contributed by atoms with Crippen molar-refractivity contribution in [1.29, 1.82) is 0 Å². The van der Waals surface area contributed by atoms with Gasteiger partial charge in [-0.25, -0.2) is 4.79 Å². The van der Waals surface area contributed by atoms with Gasteiger partial charge in [0.2, 0.25) is 5.91 Å². The van der Waals surface area contributed by atoms with Gasteiger partial charge in [0.15, 0.2) is 6.10 Å². The summed E-state index contributed by atoms with van der Waals surface area (Å²) in [5.41, 5.74) is 0. The molecule has 0 aliphatic heterocycles. The zero-order chi connectivity index (χ0) is 13.4. The summed E-state index contributed by atoms with van der Waals surface area (Å²) >= 11 is 0. The minimum Gasteiger partial charge on any atom is -0.479 e. The zero-order valence-corrected chi connectivity index (χ0v) is 10.7. The second-order valence-corrected chi connectivity index (χ2v) is 5.05. The molecule has 3 N–H and O–H groups in total. The third-order valence-electron chi connectivity index (χ3n) is 3.47. The molecule has 0 bridgehead atoms. The van der Waals surface area contributed by atoms with Crippen LogP contribution in [0.4, 0.5) is 0 Å². The van der Waals surface area contributed by atoms with Gasteiger partial charge in [0.05, 0.1) is 0 Å². The fraction of sp³-hybridized carbons (Fsp3) is 0.846. The Balaban J connectivity index is 2.14. The first kappa shape index (κ1) is 15.0. The van der Waals surface area contributed by atoms with Crippen LogP contribution in [0.25, 0.3) is 0 Å². The molecule has 0 heterocycles. The van der Waals surface area contributed by atoms with Crippen molar-refractivity contribution in [2.75, 3.05) is 6.54 Å². The third kappa shape index (κ3) is 6.00. The van der Waals surface area contributed by atoms with Crippen molar-refractivity contribution >= 4 is 11.9 Å². The van der Waals surface area contributed by atoms with E-state index in [4.69, 9.17) is 10.2 Å². The van der Waals surface area contributed by atoms with Gasteiger partial charge in [-0.1, -0.05) is 25.7 Å². The van der Waals surface area contributed by atoms with E-state index in [0.29, 0.717) is 12.3 Å². The molecule has 0 aromatic carbocycles. The Bertz CT molecular complexity index is 272. The molecule has 0 radical (unpaired) electrons. The van der Waals surface area contributed by atoms with Crippen molar-refractivity contribution < 1.29 is 19.8 Å². The van der Waals surface area contributed by atoms with E-state index in [0.717, 1.165) is 12.8 Å². The lowest BCUT2D eigenvalue weighted by Crippen LogP contribution is -2.31. The highest BCUT2D eigenvalue weighted by atomic mass is 16.4. The number of hydrogen-bond donors (Lipinski definition) is 3. The van der Waals surface area contributed by atoms with Crippen molar-refractivity contribution in [3.8, 4) is 0 Å². The van der Waals surface area contributed by atoms with Crippen molar-refractivity contribution in [3.05, 3.63) is 0 Å². The maximum Gasteiger partial charge on any atom is 0.332 e. The number of aliphatic hydroxyl groups is 1. The lowest BCUT2D eigenvalue weighted by atomic mass is 9.96. The van der Waals surface area contributed by atoms with Crippen LogP contribution in [0.2, 0.25) is 0 Å². The van der Waals surface area contributed by atoms with E-state index in [1.165, 1.54) is 25.7 Å². The normalized spacial score (nSPS) is 18.9. The van der Waals surface area contributed by atoms with E-state index < -0.39 is 12.1 Å². The topological polar surface area (TPSA) is 86.6 Å². The van der Waals surface area contributed by atoms with Crippen molar-refractivity contribution in [1.82, 2.24) is 5.32 Å². The van der Waals surface area contributed by atoms with Crippen LogP contribution >= 0.6 is 0 Å². The smallest absolute Gasteiger partial charge is 0.332 e. The molecule has 1 saturated carbocycles. The quantitative estimate of drug-likeness (QED) is 0.626. The SMILES string of the molecule is O=C(CC1CCCCCC1)NCC[C@H](O)C(=O)O. The Morgan fingerprint density at radius 2 is 1.78 bits per heavy atom. The van der Waals surface area contributed by atoms with Crippen LogP contribution in [-0.2, 0) is 9.59 Å². The largest absolute Gasteiger partial charge is 0.479 e. The Labute approximate surface area is 108 Å². The van der Waals surface area contributed by atoms with E-state index >= 15 is 0 Å². The van der Waals surface area contributed by atoms with E-state index in [1.807, 2.05) is 0 Å². The summed E-state index contributed by atoms with van der Waals surface area (Å²) in [4.78, 5) is 22.0. The molecule has 1 aliphatic carbocycles. The lowest BCUT2D eigenvalue weighted by molar-refractivity contribution is -0.147. The molecular weight excluding hydrogens is 234 g/mol. The summed E-state index contributed by atoms with van der Waals surface area (Å²) in [5, 5.41) is 20.2. The molecule has 104 valence electrons. The molecule has 1 atom stereocenters. The van der Waals surface area contributed by atoms with Crippen LogP contribution in [0, 0.1) is 5.92 Å². The number of rotatable bonds is 6. The van der Waals surface area contributed by atoms with E-state index in [9.17, 15) is 9.59 Å². The number of aliphatic hydroxyl groups excluding tert-OH is 1. The zero-order valence-electron chi connectivity index (χ0n) is 10.7. The summed E-state index contributed by atoms with van der Waals surface area (Å²) in [5.74, 6) is -0.801. The van der Waals surface area contributed by atoms with Gasteiger partial charge in [-0.15, -0.1) is 0 Å². The maximum atomic E-state index is 11.6. The molecule has 1 fully saturated rings. The van der Waals surface area contributed by atoms with E-state index in [1.54, 1.807) is 0 Å². The fourth-order valence-corrected chi connectivity index (χ4v) is 2.37. The van der Waals surface area contributed by atoms with Crippen LogP contribution < -0.4 is 5.32 Å². The first-order valence-electron chi connectivity index (χ1n) is 6.77. The number of carboxylic acid groups (broad SMARTS) is 1. The number of hydrogen-bond acceptors (Lipinski definition) is 3. The number of nitrogens with one attached hydrogen (secondary N) is 1. The lowest BCUT2D eigenvalue weighted by Gasteiger charge is -2.14. The van der Waals surface area contributed by atoms with Crippen LogP contribution in [0.15, 0.2) is 0 Å². The van der Waals surface area contributed by atoms with Crippen molar-refractivity contribution in [2.24, 2.45) is 5.92 Å². The Hall–Kier alpha value is -1.10. The van der Waals surface area contributed by atoms with Crippen LogP contribution in [0.3, 0.4) is 0 Å². The number of amides is 1. The summed E-state index contributed by atoms with van der Waals surface area (Å²) in [6.45, 7) is 0.221. The van der Waals surface area contributed by atoms with Crippen LogP contribution in [0.5, 0.6) is 0 Å². The minimum absolute atomic E-state index is 0.0283. The van der Waals surface area contributed by atoms with E-state index in [-0.39, 0.29) is 18.9 Å². The molecule has 5 heteroatoms. The average molecular weight is 257 g/mol. The van der Waals surface area contributed by atoms with Crippen LogP contribution in [-0.4, -0.2) is 34.7 Å². The van der Waals surface area contributed by atoms with Crippen LogP contribution in [0.1, 0.15) is 51.4 Å². The standard InChI is InChI=1S/C13H23NO4/c15-11(13(17)18)7-8-14-12(16)9-10-5-3-1-2-4-6-10/h10-11,15H,1-9H2,(H,14,16)(H,17,18)/t11-/m0/s1. The molecule has 0 saturated heterocycles. The molecule has 0 unspecified atom stereocenters. The summed E-state index contributed by atoms with van der Waals surface area (Å²) in [6.07, 6.45) is 6.38. The number of carbonyl (C=O) groups excluding carboxylic acids is 1. The van der Waals surface area contributed by atoms with Gasteiger partial charge < -0.3 is 15.5 Å². The minimum atomic E-state index is -1.39. The first-order chi connectivity index (χ1) is 8.59. The highest BCUT2D eigenvalue weighted by Crippen LogP contribution is 2.25. The molecule has 0 aromatic heterocycles. The molecule has 1 rings (SSSR count). The van der Waals surface area contributed by atoms with Gasteiger partial charge in [0.25, 0.3) is 0 Å². The molecule has 1 aliphatic rings. The van der Waals surface area contributed by atoms with Gasteiger partial charge in [-0.3, -0.25) is 4.79 Å².